The van der Waals surface area contributed by atoms with E-state index in [-0.39, 0.29) is 0 Å². The molecule has 0 unspecified atom stereocenters. The summed E-state index contributed by atoms with van der Waals surface area (Å²) >= 11 is 2.11. The molecule has 0 saturated heterocycles. The van der Waals surface area contributed by atoms with E-state index in [9.17, 15) is 0 Å². The maximum Gasteiger partial charge on any atom is 0.0224 e. The topological polar surface area (TPSA) is 0 Å². The van der Waals surface area contributed by atoms with E-state index in [0.717, 1.165) is 24.2 Å². The Morgan fingerprint density at radius 3 is 2.91 bits per heavy atom. The van der Waals surface area contributed by atoms with E-state index >= 15 is 0 Å². The van der Waals surface area contributed by atoms with E-state index in [2.05, 4.69) is 50.4 Å². The summed E-state index contributed by atoms with van der Waals surface area (Å²) in [6.07, 6.45) is 17.1. The van der Waals surface area contributed by atoms with Gasteiger partial charge in [-0.2, -0.15) is 0 Å². The van der Waals surface area contributed by atoms with Crippen LogP contribution in [0.25, 0.3) is 0 Å². The van der Waals surface area contributed by atoms with Crippen LogP contribution in [0.2, 0.25) is 0 Å². The van der Waals surface area contributed by atoms with Crippen molar-refractivity contribution >= 4 is 11.8 Å². The molecule has 0 aromatic rings. The molecule has 22 heavy (non-hydrogen) atoms. The number of hydrogen-bond acceptors (Lipinski definition) is 1. The Morgan fingerprint density at radius 2 is 2.09 bits per heavy atom. The largest absolute Gasteiger partial charge is 0.126 e. The standard InChI is InChI=1S/C21H30S/c1-4-6-15-11-14-22-19-9-8-16-17-7-5-12-20(17,2)13-10-18(16)21(15,19)3/h4,9,11,16-18H,1,5-8,10,12-14H2,2-3H3/t16-,17-,18-,20-,21+/m0/s1. The lowest BCUT2D eigenvalue weighted by Gasteiger charge is -2.57. The highest BCUT2D eigenvalue weighted by atomic mass is 32.2. The monoisotopic (exact) mass is 314 g/mol. The van der Waals surface area contributed by atoms with Crippen LogP contribution >= 0.6 is 11.8 Å². The Hall–Kier alpha value is -0.430. The minimum absolute atomic E-state index is 0.323. The summed E-state index contributed by atoms with van der Waals surface area (Å²) in [4.78, 5) is 1.69. The highest BCUT2D eigenvalue weighted by molar-refractivity contribution is 8.03. The number of thioether (sulfide) groups is 1. The van der Waals surface area contributed by atoms with Crippen molar-refractivity contribution in [3.8, 4) is 0 Å². The van der Waals surface area contributed by atoms with Crippen molar-refractivity contribution in [2.24, 2.45) is 28.6 Å². The van der Waals surface area contributed by atoms with Crippen molar-refractivity contribution in [1.82, 2.24) is 0 Å². The zero-order valence-corrected chi connectivity index (χ0v) is 15.1. The van der Waals surface area contributed by atoms with E-state index < -0.39 is 0 Å². The first-order chi connectivity index (χ1) is 10.6. The van der Waals surface area contributed by atoms with Crippen LogP contribution in [0.5, 0.6) is 0 Å². The van der Waals surface area contributed by atoms with E-state index in [1.165, 1.54) is 44.3 Å². The van der Waals surface area contributed by atoms with Crippen molar-refractivity contribution in [3.63, 3.8) is 0 Å². The van der Waals surface area contributed by atoms with Crippen LogP contribution in [0.4, 0.5) is 0 Å². The molecule has 5 atom stereocenters. The van der Waals surface area contributed by atoms with Gasteiger partial charge in [-0.05, 0) is 66.6 Å². The van der Waals surface area contributed by atoms with E-state index in [1.54, 1.807) is 10.5 Å². The maximum absolute atomic E-state index is 4.02. The molecular weight excluding hydrogens is 284 g/mol. The summed E-state index contributed by atoms with van der Waals surface area (Å²) in [5, 5.41) is 0. The van der Waals surface area contributed by atoms with Crippen LogP contribution in [0.15, 0.2) is 35.3 Å². The third kappa shape index (κ3) is 1.97. The van der Waals surface area contributed by atoms with Gasteiger partial charge in [-0.15, -0.1) is 18.3 Å². The number of hydrogen-bond donors (Lipinski definition) is 0. The summed E-state index contributed by atoms with van der Waals surface area (Å²) in [5.41, 5.74) is 2.65. The van der Waals surface area contributed by atoms with Gasteiger partial charge < -0.3 is 0 Å². The van der Waals surface area contributed by atoms with Crippen LogP contribution in [-0.4, -0.2) is 5.75 Å². The molecule has 0 N–H and O–H groups in total. The lowest BCUT2D eigenvalue weighted by atomic mass is 9.50. The first kappa shape index (κ1) is 15.1. The molecule has 4 aliphatic rings. The maximum atomic E-state index is 4.02. The zero-order chi connectivity index (χ0) is 15.4. The van der Waals surface area contributed by atoms with Crippen molar-refractivity contribution in [3.05, 3.63) is 35.3 Å². The number of allylic oxidation sites excluding steroid dienone is 4. The molecule has 0 spiro atoms. The van der Waals surface area contributed by atoms with Gasteiger partial charge in [0.05, 0.1) is 0 Å². The van der Waals surface area contributed by atoms with Gasteiger partial charge in [-0.25, -0.2) is 0 Å². The second-order valence-corrected chi connectivity index (χ2v) is 9.56. The highest BCUT2D eigenvalue weighted by Crippen LogP contribution is 2.66. The summed E-state index contributed by atoms with van der Waals surface area (Å²) in [7, 11) is 0. The molecule has 120 valence electrons. The molecule has 0 amide bonds. The molecular formula is C21H30S. The Morgan fingerprint density at radius 1 is 1.23 bits per heavy atom. The summed E-state index contributed by atoms with van der Waals surface area (Å²) < 4.78 is 0. The minimum Gasteiger partial charge on any atom is -0.126 e. The predicted molar refractivity (Wildman–Crippen MR) is 97.8 cm³/mol. The van der Waals surface area contributed by atoms with Crippen LogP contribution in [-0.2, 0) is 0 Å². The van der Waals surface area contributed by atoms with Gasteiger partial charge in [-0.3, -0.25) is 0 Å². The van der Waals surface area contributed by atoms with Gasteiger partial charge in [-0.1, -0.05) is 44.1 Å². The minimum atomic E-state index is 0.323. The molecule has 0 radical (unpaired) electrons. The fourth-order valence-corrected chi connectivity index (χ4v) is 7.72. The Balaban J connectivity index is 1.74. The van der Waals surface area contributed by atoms with Gasteiger partial charge in [0, 0.05) is 11.2 Å². The normalized spacial score (nSPS) is 46.9. The molecule has 2 saturated carbocycles. The highest BCUT2D eigenvalue weighted by Gasteiger charge is 2.56. The van der Waals surface area contributed by atoms with Gasteiger partial charge in [0.1, 0.15) is 0 Å². The van der Waals surface area contributed by atoms with Gasteiger partial charge in [0.15, 0.2) is 0 Å². The molecule has 4 rings (SSSR count). The molecule has 0 nitrogen and oxygen atoms in total. The molecule has 3 aliphatic carbocycles. The lowest BCUT2D eigenvalue weighted by Crippen LogP contribution is -2.48. The lowest BCUT2D eigenvalue weighted by molar-refractivity contribution is -0.00173. The first-order valence-corrected chi connectivity index (χ1v) is 10.2. The molecule has 1 heteroatoms. The molecule has 1 heterocycles. The zero-order valence-electron chi connectivity index (χ0n) is 14.2. The van der Waals surface area contributed by atoms with Crippen LogP contribution < -0.4 is 0 Å². The average molecular weight is 315 g/mol. The smallest absolute Gasteiger partial charge is 0.0224 e. The van der Waals surface area contributed by atoms with Crippen molar-refractivity contribution in [1.29, 1.82) is 0 Å². The molecule has 2 fully saturated rings. The molecule has 0 aromatic heterocycles. The summed E-state index contributed by atoms with van der Waals surface area (Å²) in [5.74, 6) is 3.96. The molecule has 0 bridgehead atoms. The van der Waals surface area contributed by atoms with Gasteiger partial charge in [0.2, 0.25) is 0 Å². The number of rotatable bonds is 2. The van der Waals surface area contributed by atoms with Gasteiger partial charge in [0.25, 0.3) is 0 Å². The first-order valence-electron chi connectivity index (χ1n) is 9.23. The molecule has 0 aromatic carbocycles. The Bertz CT molecular complexity index is 542. The van der Waals surface area contributed by atoms with Crippen LogP contribution in [0, 0.1) is 28.6 Å². The SMILES string of the molecule is C=CCC1=CCSC2=CC[C@H]3[C@@H]4CCC[C@@]4(C)CC[C@@H]3[C@@]12C. The average Bonchev–Trinajstić information content (AvgIpc) is 2.90. The third-order valence-electron chi connectivity index (χ3n) is 7.65. The summed E-state index contributed by atoms with van der Waals surface area (Å²) in [6.45, 7) is 9.18. The van der Waals surface area contributed by atoms with E-state index in [4.69, 9.17) is 0 Å². The van der Waals surface area contributed by atoms with E-state index in [1.807, 2.05) is 0 Å². The number of fused-ring (bicyclic) bond motifs is 5. The summed E-state index contributed by atoms with van der Waals surface area (Å²) in [6, 6.07) is 0. The van der Waals surface area contributed by atoms with Gasteiger partial charge >= 0.3 is 0 Å². The second-order valence-electron chi connectivity index (χ2n) is 8.50. The predicted octanol–water partition coefficient (Wildman–Crippen LogP) is 6.36. The van der Waals surface area contributed by atoms with Crippen molar-refractivity contribution in [2.75, 3.05) is 5.75 Å². The quantitative estimate of drug-likeness (QED) is 0.534. The fourth-order valence-electron chi connectivity index (χ4n) is 6.46. The second kappa shape index (κ2) is 5.30. The third-order valence-corrected chi connectivity index (χ3v) is 8.88. The van der Waals surface area contributed by atoms with Crippen LogP contribution in [0.1, 0.15) is 58.8 Å². The Kier molecular flexibility index (Phi) is 3.64. The van der Waals surface area contributed by atoms with Crippen LogP contribution in [0.3, 0.4) is 0 Å². The van der Waals surface area contributed by atoms with Crippen molar-refractivity contribution in [2.45, 2.75) is 58.8 Å². The van der Waals surface area contributed by atoms with Crippen molar-refractivity contribution < 1.29 is 0 Å². The Labute approximate surface area is 140 Å². The van der Waals surface area contributed by atoms with E-state index in [0.29, 0.717) is 10.8 Å². The fraction of sp³-hybridized carbons (Fsp3) is 0.714. The molecule has 1 aliphatic heterocycles.